The topological polar surface area (TPSA) is 98.2 Å². The van der Waals surface area contributed by atoms with Gasteiger partial charge in [-0.05, 0) is 31.0 Å². The van der Waals surface area contributed by atoms with E-state index in [1.807, 2.05) is 31.2 Å². The second-order valence-electron chi connectivity index (χ2n) is 8.74. The molecule has 1 saturated heterocycles. The van der Waals surface area contributed by atoms with Crippen LogP contribution >= 0.6 is 0 Å². The van der Waals surface area contributed by atoms with Crippen LogP contribution in [0.2, 0.25) is 0 Å². The molecule has 36 heavy (non-hydrogen) atoms. The van der Waals surface area contributed by atoms with Gasteiger partial charge in [-0.2, -0.15) is 18.3 Å². The summed E-state index contributed by atoms with van der Waals surface area (Å²) in [4.78, 5) is 43.8. The van der Waals surface area contributed by atoms with Gasteiger partial charge in [0, 0.05) is 26.2 Å². The molecule has 4 rings (SSSR count). The highest BCUT2D eigenvalue weighted by Gasteiger charge is 2.43. The number of nitrogens with zero attached hydrogens (tertiary/aromatic N) is 5. The second-order valence-corrected chi connectivity index (χ2v) is 8.74. The molecule has 2 aliphatic rings. The lowest BCUT2D eigenvalue weighted by molar-refractivity contribution is -0.141. The average Bonchev–Trinajstić information content (AvgIpc) is 3.43. The second kappa shape index (κ2) is 9.59. The van der Waals surface area contributed by atoms with E-state index in [2.05, 4.69) is 15.4 Å². The van der Waals surface area contributed by atoms with Crippen molar-refractivity contribution in [2.45, 2.75) is 39.0 Å². The normalized spacial score (nSPS) is 18.9. The molecule has 1 unspecified atom stereocenters. The summed E-state index contributed by atoms with van der Waals surface area (Å²) in [5.41, 5.74) is 1.64. The van der Waals surface area contributed by atoms with Gasteiger partial charge in [0.25, 0.3) is 0 Å². The Balaban J connectivity index is 1.54. The lowest BCUT2D eigenvalue weighted by Crippen LogP contribution is -2.47. The van der Waals surface area contributed by atoms with E-state index < -0.39 is 36.0 Å². The van der Waals surface area contributed by atoms with Crippen molar-refractivity contribution in [3.63, 3.8) is 0 Å². The summed E-state index contributed by atoms with van der Waals surface area (Å²) in [6.45, 7) is 5.48. The van der Waals surface area contributed by atoms with E-state index in [9.17, 15) is 27.6 Å². The Hall–Kier alpha value is -3.96. The third-order valence-electron chi connectivity index (χ3n) is 6.19. The van der Waals surface area contributed by atoms with Crippen molar-refractivity contribution in [1.29, 1.82) is 0 Å². The Kier molecular flexibility index (Phi) is 6.70. The molecule has 0 radical (unpaired) electrons. The quantitative estimate of drug-likeness (QED) is 0.692. The number of hydrazone groups is 1. The number of hydrogen-bond acceptors (Lipinski definition) is 5. The van der Waals surface area contributed by atoms with Crippen molar-refractivity contribution in [1.82, 2.24) is 25.1 Å². The van der Waals surface area contributed by atoms with Crippen LogP contribution < -0.4 is 5.32 Å². The number of urea groups is 2. The van der Waals surface area contributed by atoms with Crippen LogP contribution in [0.15, 0.2) is 47.7 Å². The van der Waals surface area contributed by atoms with E-state index in [1.165, 1.54) is 22.9 Å². The number of rotatable bonds is 4. The van der Waals surface area contributed by atoms with E-state index in [1.54, 1.807) is 6.92 Å². The monoisotopic (exact) mass is 502 g/mol. The van der Waals surface area contributed by atoms with Crippen molar-refractivity contribution in [3.05, 3.63) is 65.0 Å². The van der Waals surface area contributed by atoms with E-state index in [0.717, 1.165) is 28.3 Å². The van der Waals surface area contributed by atoms with Gasteiger partial charge in [0.15, 0.2) is 0 Å². The molecule has 9 nitrogen and oxygen atoms in total. The fourth-order valence-electron chi connectivity index (χ4n) is 4.14. The first-order chi connectivity index (χ1) is 17.0. The lowest BCUT2D eigenvalue weighted by Gasteiger charge is -2.25. The Morgan fingerprint density at radius 3 is 2.36 bits per heavy atom. The van der Waals surface area contributed by atoms with Gasteiger partial charge in [-0.3, -0.25) is 14.7 Å². The molecule has 1 aromatic heterocycles. The first-order valence-corrected chi connectivity index (χ1v) is 11.3. The lowest BCUT2D eigenvalue weighted by atomic mass is 10.0. The zero-order valence-corrected chi connectivity index (χ0v) is 19.9. The molecule has 3 heterocycles. The van der Waals surface area contributed by atoms with Crippen LogP contribution in [0.25, 0.3) is 0 Å². The van der Waals surface area contributed by atoms with Gasteiger partial charge in [-0.25, -0.2) is 14.6 Å². The predicted molar refractivity (Wildman–Crippen MR) is 124 cm³/mol. The maximum absolute atomic E-state index is 13.0. The van der Waals surface area contributed by atoms with Crippen molar-refractivity contribution in [3.8, 4) is 0 Å². The van der Waals surface area contributed by atoms with Crippen molar-refractivity contribution < 1.29 is 27.6 Å². The van der Waals surface area contributed by atoms with E-state index in [-0.39, 0.29) is 19.0 Å². The Bertz CT molecular complexity index is 1200. The summed E-state index contributed by atoms with van der Waals surface area (Å²) < 4.78 is 38.4. The van der Waals surface area contributed by atoms with Crippen LogP contribution in [0.4, 0.5) is 22.8 Å². The zero-order chi connectivity index (χ0) is 26.2. The number of aromatic nitrogens is 1. The Morgan fingerprint density at radius 1 is 1.11 bits per heavy atom. The highest BCUT2D eigenvalue weighted by atomic mass is 19.4. The SMILES string of the molecule is CC(=O)N1CCN(C2CN(C(=O)N[C@H](C)c3ccc(C(F)(F)F)nc3)N=C2c2ccc(C)cc2)C1=O. The highest BCUT2D eigenvalue weighted by molar-refractivity contribution is 6.08. The number of alkyl halides is 3. The van der Waals surface area contributed by atoms with Gasteiger partial charge in [-0.15, -0.1) is 0 Å². The molecule has 2 aliphatic heterocycles. The molecular formula is C24H25F3N6O3. The Morgan fingerprint density at radius 2 is 1.81 bits per heavy atom. The third-order valence-corrected chi connectivity index (χ3v) is 6.19. The standard InChI is InChI=1S/C24H25F3N6O3/c1-14-4-6-17(7-5-14)21-19(32-11-10-31(16(3)34)23(32)36)13-33(30-21)22(35)29-15(2)18-8-9-20(28-12-18)24(25,26)27/h4-9,12,15,19H,10-11,13H2,1-3H3,(H,29,35)/t15-,19?/m1/s1. The summed E-state index contributed by atoms with van der Waals surface area (Å²) in [5.74, 6) is -0.358. The number of pyridine rings is 1. The minimum absolute atomic E-state index is 0.0600. The van der Waals surface area contributed by atoms with E-state index in [0.29, 0.717) is 17.8 Å². The number of nitrogens with one attached hydrogen (secondary N) is 1. The van der Waals surface area contributed by atoms with Crippen molar-refractivity contribution in [2.24, 2.45) is 5.10 Å². The van der Waals surface area contributed by atoms with Crippen LogP contribution in [-0.2, 0) is 11.0 Å². The summed E-state index contributed by atoms with van der Waals surface area (Å²) in [5, 5.41) is 8.40. The van der Waals surface area contributed by atoms with Gasteiger partial charge in [0.05, 0.1) is 24.3 Å². The number of carbonyl (C=O) groups is 3. The number of imide groups is 1. The van der Waals surface area contributed by atoms with Crippen LogP contribution in [0.1, 0.15) is 42.3 Å². The molecule has 5 amide bonds. The smallest absolute Gasteiger partial charge is 0.330 e. The molecular weight excluding hydrogens is 477 g/mol. The number of amides is 5. The molecule has 12 heteroatoms. The van der Waals surface area contributed by atoms with Crippen molar-refractivity contribution >= 4 is 23.7 Å². The average molecular weight is 502 g/mol. The third kappa shape index (κ3) is 5.02. The number of hydrogen-bond donors (Lipinski definition) is 1. The van der Waals surface area contributed by atoms with Crippen molar-refractivity contribution in [2.75, 3.05) is 19.6 Å². The fraction of sp³-hybridized carbons (Fsp3) is 0.375. The molecule has 1 aromatic carbocycles. The van der Waals surface area contributed by atoms with E-state index >= 15 is 0 Å². The zero-order valence-electron chi connectivity index (χ0n) is 19.9. The molecule has 0 bridgehead atoms. The molecule has 2 atom stereocenters. The largest absolute Gasteiger partial charge is 0.433 e. The van der Waals surface area contributed by atoms with Crippen LogP contribution in [-0.4, -0.2) is 69.1 Å². The van der Waals surface area contributed by atoms with Crippen LogP contribution in [0, 0.1) is 6.92 Å². The van der Waals surface area contributed by atoms with Crippen LogP contribution in [0.3, 0.4) is 0 Å². The minimum Gasteiger partial charge on any atom is -0.330 e. The minimum atomic E-state index is -4.55. The van der Waals surface area contributed by atoms with Gasteiger partial charge in [-0.1, -0.05) is 35.9 Å². The first-order valence-electron chi connectivity index (χ1n) is 11.3. The summed E-state index contributed by atoms with van der Waals surface area (Å²) in [6.07, 6.45) is -3.48. The molecule has 1 N–H and O–H groups in total. The number of carbonyl (C=O) groups excluding carboxylic acids is 3. The fourth-order valence-corrected chi connectivity index (χ4v) is 4.14. The predicted octanol–water partition coefficient (Wildman–Crippen LogP) is 3.55. The first kappa shape index (κ1) is 25.1. The number of aryl methyl sites for hydroxylation is 1. The molecule has 0 aliphatic carbocycles. The number of benzene rings is 1. The maximum Gasteiger partial charge on any atom is 0.433 e. The van der Waals surface area contributed by atoms with E-state index in [4.69, 9.17) is 0 Å². The number of halogens is 3. The highest BCUT2D eigenvalue weighted by Crippen LogP contribution is 2.28. The van der Waals surface area contributed by atoms with Crippen LogP contribution in [0.5, 0.6) is 0 Å². The molecule has 0 saturated carbocycles. The Labute approximate surface area is 205 Å². The van der Waals surface area contributed by atoms with Gasteiger partial charge in [0.1, 0.15) is 5.69 Å². The molecule has 0 spiro atoms. The summed E-state index contributed by atoms with van der Waals surface area (Å²) in [7, 11) is 0. The molecule has 190 valence electrons. The summed E-state index contributed by atoms with van der Waals surface area (Å²) >= 11 is 0. The molecule has 2 aromatic rings. The molecule has 1 fully saturated rings. The van der Waals surface area contributed by atoms with Gasteiger partial charge < -0.3 is 10.2 Å². The van der Waals surface area contributed by atoms with Gasteiger partial charge >= 0.3 is 18.2 Å². The van der Waals surface area contributed by atoms with Gasteiger partial charge in [0.2, 0.25) is 5.91 Å². The summed E-state index contributed by atoms with van der Waals surface area (Å²) in [6, 6.07) is 7.36. The maximum atomic E-state index is 13.0.